The van der Waals surface area contributed by atoms with Crippen molar-refractivity contribution in [3.63, 3.8) is 0 Å². The second-order valence-electron chi connectivity index (χ2n) is 5.70. The summed E-state index contributed by atoms with van der Waals surface area (Å²) >= 11 is 9.22. The van der Waals surface area contributed by atoms with Gasteiger partial charge in [0.05, 0.1) is 6.21 Å². The van der Waals surface area contributed by atoms with Gasteiger partial charge in [-0.1, -0.05) is 57.9 Å². The molecule has 0 saturated carbocycles. The highest BCUT2D eigenvalue weighted by atomic mass is 79.9. The van der Waals surface area contributed by atoms with E-state index >= 15 is 0 Å². The Labute approximate surface area is 171 Å². The van der Waals surface area contributed by atoms with Gasteiger partial charge in [0.15, 0.2) is 0 Å². The number of benzene rings is 3. The van der Waals surface area contributed by atoms with Crippen molar-refractivity contribution in [2.75, 3.05) is 0 Å². The number of amides is 1. The molecule has 6 heteroatoms. The number of nitrogens with zero attached hydrogens (tertiary/aromatic N) is 1. The Morgan fingerprint density at radius 2 is 1.85 bits per heavy atom. The average Bonchev–Trinajstić information content (AvgIpc) is 2.68. The molecule has 0 saturated heterocycles. The summed E-state index contributed by atoms with van der Waals surface area (Å²) in [6.45, 7) is 0.442. The van der Waals surface area contributed by atoms with Crippen LogP contribution in [0.2, 0.25) is 5.02 Å². The molecule has 0 aliphatic carbocycles. The van der Waals surface area contributed by atoms with Crippen LogP contribution in [0.3, 0.4) is 0 Å². The molecule has 0 aromatic heterocycles. The first-order valence-electron chi connectivity index (χ1n) is 8.16. The molecule has 0 radical (unpaired) electrons. The number of hydrazone groups is 1. The Morgan fingerprint density at radius 3 is 2.63 bits per heavy atom. The highest BCUT2D eigenvalue weighted by molar-refractivity contribution is 9.10. The van der Waals surface area contributed by atoms with Crippen molar-refractivity contribution < 1.29 is 9.53 Å². The predicted octanol–water partition coefficient (Wildman–Crippen LogP) is 5.45. The van der Waals surface area contributed by atoms with Crippen LogP contribution >= 0.6 is 27.5 Å². The molecule has 0 fully saturated rings. The van der Waals surface area contributed by atoms with Gasteiger partial charge in [0.1, 0.15) is 12.4 Å². The average molecular weight is 444 g/mol. The van der Waals surface area contributed by atoms with Crippen LogP contribution in [0.5, 0.6) is 5.75 Å². The molecule has 0 spiro atoms. The van der Waals surface area contributed by atoms with Crippen molar-refractivity contribution in [3.8, 4) is 5.75 Å². The van der Waals surface area contributed by atoms with E-state index in [1.54, 1.807) is 24.4 Å². The normalized spacial score (nSPS) is 10.7. The fourth-order valence-corrected chi connectivity index (χ4v) is 2.82. The molecule has 0 bridgehead atoms. The Balaban J connectivity index is 1.57. The van der Waals surface area contributed by atoms with E-state index < -0.39 is 0 Å². The topological polar surface area (TPSA) is 50.7 Å². The van der Waals surface area contributed by atoms with Gasteiger partial charge in [-0.05, 0) is 53.6 Å². The summed E-state index contributed by atoms with van der Waals surface area (Å²) in [5, 5.41) is 4.70. The first kappa shape index (κ1) is 19.1. The lowest BCUT2D eigenvalue weighted by Crippen LogP contribution is -2.17. The lowest BCUT2D eigenvalue weighted by molar-refractivity contribution is 0.0955. The zero-order valence-corrected chi connectivity index (χ0v) is 16.6. The van der Waals surface area contributed by atoms with Gasteiger partial charge in [0.25, 0.3) is 5.91 Å². The number of halogens is 2. The fraction of sp³-hybridized carbons (Fsp3) is 0.0476. The summed E-state index contributed by atoms with van der Waals surface area (Å²) in [7, 11) is 0. The Morgan fingerprint density at radius 1 is 1.07 bits per heavy atom. The standard InChI is InChI=1S/C21H16BrClN2O2/c22-18-5-2-4-17(12-18)21(26)25-24-13-16-3-1-6-20(11-16)27-14-15-7-9-19(23)10-8-15/h1-13H,14H2,(H,25,26)/b24-13+. The molecular formula is C21H16BrClN2O2. The molecule has 0 aliphatic heterocycles. The van der Waals surface area contributed by atoms with E-state index in [-0.39, 0.29) is 5.91 Å². The number of carbonyl (C=O) groups excluding carboxylic acids is 1. The van der Waals surface area contributed by atoms with E-state index in [9.17, 15) is 4.79 Å². The van der Waals surface area contributed by atoms with Crippen LogP contribution in [0.25, 0.3) is 0 Å². The number of hydrogen-bond donors (Lipinski definition) is 1. The monoisotopic (exact) mass is 442 g/mol. The second-order valence-corrected chi connectivity index (χ2v) is 7.05. The maximum atomic E-state index is 12.1. The van der Waals surface area contributed by atoms with Crippen LogP contribution in [0, 0.1) is 0 Å². The summed E-state index contributed by atoms with van der Waals surface area (Å²) in [6.07, 6.45) is 1.57. The highest BCUT2D eigenvalue weighted by Gasteiger charge is 2.04. The van der Waals surface area contributed by atoms with Crippen molar-refractivity contribution in [2.24, 2.45) is 5.10 Å². The molecule has 1 N–H and O–H groups in total. The summed E-state index contributed by atoms with van der Waals surface area (Å²) in [5.41, 5.74) is 4.89. The SMILES string of the molecule is O=C(N/N=C/c1cccc(OCc2ccc(Cl)cc2)c1)c1cccc(Br)c1. The van der Waals surface area contributed by atoms with Crippen LogP contribution < -0.4 is 10.2 Å². The van der Waals surface area contributed by atoms with Crippen molar-refractivity contribution in [1.29, 1.82) is 0 Å². The van der Waals surface area contributed by atoms with E-state index in [1.807, 2.05) is 54.6 Å². The fourth-order valence-electron chi connectivity index (χ4n) is 2.29. The van der Waals surface area contributed by atoms with Gasteiger partial charge in [-0.25, -0.2) is 5.43 Å². The third-order valence-electron chi connectivity index (χ3n) is 3.64. The smallest absolute Gasteiger partial charge is 0.271 e. The van der Waals surface area contributed by atoms with Gasteiger partial charge in [-0.2, -0.15) is 5.10 Å². The summed E-state index contributed by atoms with van der Waals surface area (Å²) in [6, 6.07) is 22.1. The third-order valence-corrected chi connectivity index (χ3v) is 4.39. The number of carbonyl (C=O) groups is 1. The minimum atomic E-state index is -0.275. The minimum Gasteiger partial charge on any atom is -0.489 e. The maximum absolute atomic E-state index is 12.1. The van der Waals surface area contributed by atoms with Gasteiger partial charge in [0, 0.05) is 15.1 Å². The van der Waals surface area contributed by atoms with Crippen LogP contribution in [0.15, 0.2) is 82.4 Å². The molecule has 0 heterocycles. The van der Waals surface area contributed by atoms with Crippen molar-refractivity contribution in [3.05, 3.63) is 99.0 Å². The summed E-state index contributed by atoms with van der Waals surface area (Å²) in [4.78, 5) is 12.1. The quantitative estimate of drug-likeness (QED) is 0.407. The Kier molecular flexibility index (Phi) is 6.63. The molecule has 3 rings (SSSR count). The molecule has 136 valence electrons. The molecule has 4 nitrogen and oxygen atoms in total. The zero-order valence-electron chi connectivity index (χ0n) is 14.2. The van der Waals surface area contributed by atoms with Crippen molar-refractivity contribution >= 4 is 39.7 Å². The predicted molar refractivity (Wildman–Crippen MR) is 111 cm³/mol. The summed E-state index contributed by atoms with van der Waals surface area (Å²) in [5.74, 6) is 0.440. The van der Waals surface area contributed by atoms with Crippen LogP contribution in [0.4, 0.5) is 0 Å². The molecule has 27 heavy (non-hydrogen) atoms. The number of rotatable bonds is 6. The third kappa shape index (κ3) is 5.94. The van der Waals surface area contributed by atoms with Gasteiger partial charge >= 0.3 is 0 Å². The van der Waals surface area contributed by atoms with Gasteiger partial charge in [0.2, 0.25) is 0 Å². The van der Waals surface area contributed by atoms with E-state index in [4.69, 9.17) is 16.3 Å². The number of nitrogens with one attached hydrogen (secondary N) is 1. The molecule has 3 aromatic rings. The van der Waals surface area contributed by atoms with Crippen molar-refractivity contribution in [1.82, 2.24) is 5.43 Å². The molecule has 0 atom stereocenters. The van der Waals surface area contributed by atoms with Crippen LogP contribution in [0.1, 0.15) is 21.5 Å². The lowest BCUT2D eigenvalue weighted by atomic mass is 10.2. The first-order valence-corrected chi connectivity index (χ1v) is 9.33. The van der Waals surface area contributed by atoms with Crippen LogP contribution in [-0.4, -0.2) is 12.1 Å². The largest absolute Gasteiger partial charge is 0.489 e. The van der Waals surface area contributed by atoms with Gasteiger partial charge in [-0.15, -0.1) is 0 Å². The zero-order chi connectivity index (χ0) is 19.1. The molecule has 1 amide bonds. The maximum Gasteiger partial charge on any atom is 0.271 e. The van der Waals surface area contributed by atoms with E-state index in [0.29, 0.717) is 22.9 Å². The number of hydrogen-bond acceptors (Lipinski definition) is 3. The molecular weight excluding hydrogens is 428 g/mol. The van der Waals surface area contributed by atoms with Gasteiger partial charge in [-0.3, -0.25) is 4.79 Å². The molecule has 0 aliphatic rings. The second kappa shape index (κ2) is 9.35. The molecule has 0 unspecified atom stereocenters. The minimum absolute atomic E-state index is 0.275. The van der Waals surface area contributed by atoms with Gasteiger partial charge < -0.3 is 4.74 Å². The Bertz CT molecular complexity index is 958. The molecule has 3 aromatic carbocycles. The van der Waals surface area contributed by atoms with Crippen molar-refractivity contribution in [2.45, 2.75) is 6.61 Å². The lowest BCUT2D eigenvalue weighted by Gasteiger charge is -2.07. The van der Waals surface area contributed by atoms with E-state index in [0.717, 1.165) is 15.6 Å². The van der Waals surface area contributed by atoms with E-state index in [1.165, 1.54) is 0 Å². The number of ether oxygens (including phenoxy) is 1. The van der Waals surface area contributed by atoms with E-state index in [2.05, 4.69) is 26.5 Å². The Hall–Kier alpha value is -2.63. The summed E-state index contributed by atoms with van der Waals surface area (Å²) < 4.78 is 6.62. The van der Waals surface area contributed by atoms with Crippen LogP contribution in [-0.2, 0) is 6.61 Å². The first-order chi connectivity index (χ1) is 13.1. The highest BCUT2D eigenvalue weighted by Crippen LogP contribution is 2.16.